The van der Waals surface area contributed by atoms with Crippen molar-refractivity contribution in [1.82, 2.24) is 10.3 Å². The highest BCUT2D eigenvalue weighted by Crippen LogP contribution is 2.18. The molecule has 1 amide bonds. The lowest BCUT2D eigenvalue weighted by Crippen LogP contribution is -2.27. The molecule has 0 saturated carbocycles. The minimum Gasteiger partial charge on any atom is -0.361 e. The Morgan fingerprint density at radius 2 is 2.18 bits per heavy atom. The molecule has 0 fully saturated rings. The third-order valence-electron chi connectivity index (χ3n) is 2.81. The predicted molar refractivity (Wildman–Crippen MR) is 70.2 cm³/mol. The lowest BCUT2D eigenvalue weighted by molar-refractivity contribution is 0.0948. The molecular formula is C14H18N2O. The molecule has 0 spiro atoms. The van der Waals surface area contributed by atoms with Gasteiger partial charge in [0.25, 0.3) is 5.91 Å². The second-order valence-corrected chi connectivity index (χ2v) is 4.84. The van der Waals surface area contributed by atoms with E-state index in [1.54, 1.807) is 0 Å². The van der Waals surface area contributed by atoms with Crippen LogP contribution >= 0.6 is 0 Å². The standard InChI is InChI=1S/C14H18N2O/c1-9(2)8-16-14(17)12-7-11-4-5-15-13(11)6-10(12)3/h4-7,9,15H,8H2,1-3H3,(H,16,17). The number of hydrogen-bond acceptors (Lipinski definition) is 1. The fourth-order valence-corrected chi connectivity index (χ4v) is 1.85. The topological polar surface area (TPSA) is 44.9 Å². The van der Waals surface area contributed by atoms with Crippen molar-refractivity contribution in [2.45, 2.75) is 20.8 Å². The molecule has 1 aromatic heterocycles. The third kappa shape index (κ3) is 2.49. The zero-order chi connectivity index (χ0) is 12.4. The molecule has 2 N–H and O–H groups in total. The van der Waals surface area contributed by atoms with E-state index in [-0.39, 0.29) is 5.91 Å². The Balaban J connectivity index is 2.27. The molecule has 17 heavy (non-hydrogen) atoms. The number of H-pyrrole nitrogens is 1. The quantitative estimate of drug-likeness (QED) is 0.836. The summed E-state index contributed by atoms with van der Waals surface area (Å²) in [7, 11) is 0. The monoisotopic (exact) mass is 230 g/mol. The van der Waals surface area contributed by atoms with Crippen LogP contribution in [0, 0.1) is 12.8 Å². The molecule has 0 atom stereocenters. The van der Waals surface area contributed by atoms with Crippen LogP contribution in [0.15, 0.2) is 24.4 Å². The van der Waals surface area contributed by atoms with Crippen molar-refractivity contribution < 1.29 is 4.79 Å². The Morgan fingerprint density at radius 3 is 2.88 bits per heavy atom. The fraction of sp³-hybridized carbons (Fsp3) is 0.357. The first-order chi connectivity index (χ1) is 8.08. The number of carbonyl (C=O) groups excluding carboxylic acids is 1. The second-order valence-electron chi connectivity index (χ2n) is 4.84. The minimum atomic E-state index is 0.0132. The lowest BCUT2D eigenvalue weighted by Gasteiger charge is -2.09. The number of aromatic amines is 1. The molecule has 1 aromatic carbocycles. The normalized spacial score (nSPS) is 11.1. The average molecular weight is 230 g/mol. The van der Waals surface area contributed by atoms with Crippen LogP contribution in [0.3, 0.4) is 0 Å². The van der Waals surface area contributed by atoms with Crippen molar-refractivity contribution in [3.63, 3.8) is 0 Å². The van der Waals surface area contributed by atoms with E-state index in [0.29, 0.717) is 12.5 Å². The summed E-state index contributed by atoms with van der Waals surface area (Å²) in [5.41, 5.74) is 2.84. The van der Waals surface area contributed by atoms with Gasteiger partial charge >= 0.3 is 0 Å². The van der Waals surface area contributed by atoms with E-state index >= 15 is 0 Å². The van der Waals surface area contributed by atoms with E-state index in [1.807, 2.05) is 31.3 Å². The van der Waals surface area contributed by atoms with Crippen molar-refractivity contribution in [3.8, 4) is 0 Å². The fourth-order valence-electron chi connectivity index (χ4n) is 1.85. The zero-order valence-corrected chi connectivity index (χ0v) is 10.5. The molecule has 3 nitrogen and oxygen atoms in total. The van der Waals surface area contributed by atoms with Gasteiger partial charge in [-0.15, -0.1) is 0 Å². The third-order valence-corrected chi connectivity index (χ3v) is 2.81. The van der Waals surface area contributed by atoms with Crippen LogP contribution < -0.4 is 5.32 Å². The van der Waals surface area contributed by atoms with Gasteiger partial charge in [0, 0.05) is 29.2 Å². The number of fused-ring (bicyclic) bond motifs is 1. The van der Waals surface area contributed by atoms with Crippen molar-refractivity contribution in [1.29, 1.82) is 0 Å². The van der Waals surface area contributed by atoms with E-state index in [1.165, 1.54) is 0 Å². The van der Waals surface area contributed by atoms with Gasteiger partial charge in [-0.25, -0.2) is 0 Å². The van der Waals surface area contributed by atoms with E-state index < -0.39 is 0 Å². The first kappa shape index (κ1) is 11.7. The molecule has 0 bridgehead atoms. The summed E-state index contributed by atoms with van der Waals surface area (Å²) in [4.78, 5) is 15.2. The van der Waals surface area contributed by atoms with Crippen LogP contribution in [0.5, 0.6) is 0 Å². The van der Waals surface area contributed by atoms with Crippen LogP contribution in [0.4, 0.5) is 0 Å². The average Bonchev–Trinajstić information content (AvgIpc) is 2.71. The van der Waals surface area contributed by atoms with Crippen LogP contribution in [0.2, 0.25) is 0 Å². The van der Waals surface area contributed by atoms with Gasteiger partial charge in [0.2, 0.25) is 0 Å². The van der Waals surface area contributed by atoms with Crippen LogP contribution in [0.1, 0.15) is 29.8 Å². The summed E-state index contributed by atoms with van der Waals surface area (Å²) in [6.45, 7) is 6.85. The number of carbonyl (C=O) groups is 1. The summed E-state index contributed by atoms with van der Waals surface area (Å²) < 4.78 is 0. The summed E-state index contributed by atoms with van der Waals surface area (Å²) in [6.07, 6.45) is 1.89. The molecule has 2 rings (SSSR count). The number of nitrogens with one attached hydrogen (secondary N) is 2. The lowest BCUT2D eigenvalue weighted by atomic mass is 10.1. The molecule has 0 saturated heterocycles. The minimum absolute atomic E-state index is 0.0132. The van der Waals surface area contributed by atoms with Gasteiger partial charge in [-0.2, -0.15) is 0 Å². The first-order valence-electron chi connectivity index (χ1n) is 5.94. The highest BCUT2D eigenvalue weighted by molar-refractivity contribution is 5.99. The van der Waals surface area contributed by atoms with Crippen molar-refractivity contribution in [3.05, 3.63) is 35.5 Å². The Morgan fingerprint density at radius 1 is 1.41 bits per heavy atom. The van der Waals surface area contributed by atoms with Gasteiger partial charge in [-0.05, 0) is 36.6 Å². The Kier molecular flexibility index (Phi) is 3.18. The van der Waals surface area contributed by atoms with Gasteiger partial charge in [0.15, 0.2) is 0 Å². The Bertz CT molecular complexity index is 540. The van der Waals surface area contributed by atoms with Crippen LogP contribution in [0.25, 0.3) is 10.9 Å². The number of aryl methyl sites for hydroxylation is 1. The highest BCUT2D eigenvalue weighted by atomic mass is 16.1. The predicted octanol–water partition coefficient (Wildman–Crippen LogP) is 2.86. The maximum absolute atomic E-state index is 12.0. The molecule has 0 aliphatic heterocycles. The van der Waals surface area contributed by atoms with Gasteiger partial charge in [-0.3, -0.25) is 4.79 Å². The van der Waals surface area contributed by atoms with Crippen molar-refractivity contribution >= 4 is 16.8 Å². The number of rotatable bonds is 3. The van der Waals surface area contributed by atoms with E-state index in [0.717, 1.165) is 22.0 Å². The van der Waals surface area contributed by atoms with Crippen LogP contribution in [-0.4, -0.2) is 17.4 Å². The van der Waals surface area contributed by atoms with Gasteiger partial charge < -0.3 is 10.3 Å². The largest absolute Gasteiger partial charge is 0.361 e. The zero-order valence-electron chi connectivity index (χ0n) is 10.5. The Labute approximate surface area is 101 Å². The molecule has 0 radical (unpaired) electrons. The van der Waals surface area contributed by atoms with Crippen molar-refractivity contribution in [2.24, 2.45) is 5.92 Å². The summed E-state index contributed by atoms with van der Waals surface area (Å²) in [5, 5.41) is 4.02. The van der Waals surface area contributed by atoms with E-state index in [9.17, 15) is 4.79 Å². The van der Waals surface area contributed by atoms with Gasteiger partial charge in [-0.1, -0.05) is 13.8 Å². The summed E-state index contributed by atoms with van der Waals surface area (Å²) in [6, 6.07) is 5.93. The summed E-state index contributed by atoms with van der Waals surface area (Å²) in [5.74, 6) is 0.481. The maximum Gasteiger partial charge on any atom is 0.251 e. The van der Waals surface area contributed by atoms with Crippen LogP contribution in [-0.2, 0) is 0 Å². The van der Waals surface area contributed by atoms with Crippen molar-refractivity contribution in [2.75, 3.05) is 6.54 Å². The maximum atomic E-state index is 12.0. The molecular weight excluding hydrogens is 212 g/mol. The first-order valence-corrected chi connectivity index (χ1v) is 5.94. The molecule has 0 aliphatic carbocycles. The number of hydrogen-bond donors (Lipinski definition) is 2. The summed E-state index contributed by atoms with van der Waals surface area (Å²) >= 11 is 0. The molecule has 0 aliphatic rings. The molecule has 3 heteroatoms. The highest BCUT2D eigenvalue weighted by Gasteiger charge is 2.10. The number of benzene rings is 1. The smallest absolute Gasteiger partial charge is 0.251 e. The molecule has 1 heterocycles. The molecule has 90 valence electrons. The Hall–Kier alpha value is -1.77. The van der Waals surface area contributed by atoms with E-state index in [4.69, 9.17) is 0 Å². The number of amides is 1. The second kappa shape index (κ2) is 4.62. The SMILES string of the molecule is Cc1cc2[nH]ccc2cc1C(=O)NCC(C)C. The van der Waals surface area contributed by atoms with Gasteiger partial charge in [0.1, 0.15) is 0 Å². The van der Waals surface area contributed by atoms with Gasteiger partial charge in [0.05, 0.1) is 0 Å². The number of aromatic nitrogens is 1. The molecule has 0 unspecified atom stereocenters. The van der Waals surface area contributed by atoms with E-state index in [2.05, 4.69) is 24.1 Å². The molecule has 2 aromatic rings.